The van der Waals surface area contributed by atoms with Gasteiger partial charge >= 0.3 is 6.18 Å². The lowest BCUT2D eigenvalue weighted by Gasteiger charge is -2.17. The van der Waals surface area contributed by atoms with Crippen molar-refractivity contribution in [3.8, 4) is 5.75 Å². The molecule has 0 aliphatic heterocycles. The fraction of sp³-hybridized carbons (Fsp3) is 0.538. The van der Waals surface area contributed by atoms with Crippen molar-refractivity contribution >= 4 is 11.6 Å². The van der Waals surface area contributed by atoms with Crippen molar-refractivity contribution in [2.24, 2.45) is 0 Å². The van der Waals surface area contributed by atoms with Crippen LogP contribution in [0.4, 0.5) is 13.2 Å². The molecule has 0 saturated heterocycles. The average Bonchev–Trinajstić information content (AvgIpc) is 2.33. The molecule has 19 heavy (non-hydrogen) atoms. The Balaban J connectivity index is 2.62. The van der Waals surface area contributed by atoms with Crippen molar-refractivity contribution < 1.29 is 17.9 Å². The van der Waals surface area contributed by atoms with Crippen LogP contribution in [0.5, 0.6) is 5.75 Å². The summed E-state index contributed by atoms with van der Waals surface area (Å²) in [6.07, 6.45) is -5.03. The monoisotopic (exact) mass is 295 g/mol. The van der Waals surface area contributed by atoms with Crippen LogP contribution in [0.25, 0.3) is 0 Å². The average molecular weight is 296 g/mol. The SMILES string of the molecule is CNC(C)c1cc(Cl)ccc1OCCCC(F)(F)F. The van der Waals surface area contributed by atoms with E-state index in [1.807, 2.05) is 6.92 Å². The van der Waals surface area contributed by atoms with E-state index in [9.17, 15) is 13.2 Å². The summed E-state index contributed by atoms with van der Waals surface area (Å²) >= 11 is 5.91. The van der Waals surface area contributed by atoms with Gasteiger partial charge in [0.15, 0.2) is 0 Å². The van der Waals surface area contributed by atoms with E-state index in [0.29, 0.717) is 10.8 Å². The number of halogens is 4. The van der Waals surface area contributed by atoms with Gasteiger partial charge in [-0.25, -0.2) is 0 Å². The molecule has 1 aromatic carbocycles. The minimum atomic E-state index is -4.13. The Bertz CT molecular complexity index is 409. The molecule has 0 aromatic heterocycles. The number of benzene rings is 1. The van der Waals surface area contributed by atoms with Crippen LogP contribution in [-0.2, 0) is 0 Å². The molecule has 0 amide bonds. The summed E-state index contributed by atoms with van der Waals surface area (Å²) in [5.41, 5.74) is 0.835. The van der Waals surface area contributed by atoms with Crippen molar-refractivity contribution in [1.82, 2.24) is 5.32 Å². The lowest BCUT2D eigenvalue weighted by molar-refractivity contribution is -0.136. The molecule has 1 aromatic rings. The van der Waals surface area contributed by atoms with Gasteiger partial charge < -0.3 is 10.1 Å². The van der Waals surface area contributed by atoms with Crippen LogP contribution < -0.4 is 10.1 Å². The van der Waals surface area contributed by atoms with Gasteiger partial charge in [-0.2, -0.15) is 13.2 Å². The maximum absolute atomic E-state index is 12.0. The Morgan fingerprint density at radius 1 is 1.37 bits per heavy atom. The quantitative estimate of drug-likeness (QED) is 0.788. The highest BCUT2D eigenvalue weighted by Gasteiger charge is 2.26. The predicted octanol–water partition coefficient (Wildman–Crippen LogP) is 4.34. The lowest BCUT2D eigenvalue weighted by atomic mass is 10.1. The third-order valence-corrected chi connectivity index (χ3v) is 2.97. The van der Waals surface area contributed by atoms with Gasteiger partial charge in [-0.15, -0.1) is 0 Å². The van der Waals surface area contributed by atoms with E-state index in [1.165, 1.54) is 0 Å². The normalized spacial score (nSPS) is 13.4. The van der Waals surface area contributed by atoms with Gasteiger partial charge in [0.2, 0.25) is 0 Å². The minimum Gasteiger partial charge on any atom is -0.493 e. The van der Waals surface area contributed by atoms with Crippen LogP contribution in [-0.4, -0.2) is 19.8 Å². The summed E-state index contributed by atoms with van der Waals surface area (Å²) in [6, 6.07) is 5.10. The second-order valence-electron chi connectivity index (χ2n) is 4.26. The molecule has 0 saturated carbocycles. The topological polar surface area (TPSA) is 21.3 Å². The van der Waals surface area contributed by atoms with Gasteiger partial charge in [0.05, 0.1) is 6.61 Å². The number of ether oxygens (including phenoxy) is 1. The van der Waals surface area contributed by atoms with Crippen molar-refractivity contribution in [1.29, 1.82) is 0 Å². The first kappa shape index (κ1) is 16.1. The summed E-state index contributed by atoms with van der Waals surface area (Å²) in [5.74, 6) is 0.563. The van der Waals surface area contributed by atoms with Crippen LogP contribution in [0, 0.1) is 0 Å². The maximum Gasteiger partial charge on any atom is 0.389 e. The molecule has 6 heteroatoms. The Morgan fingerprint density at radius 3 is 2.63 bits per heavy atom. The summed E-state index contributed by atoms with van der Waals surface area (Å²) in [5, 5.41) is 3.61. The van der Waals surface area contributed by atoms with Crippen molar-refractivity contribution in [2.75, 3.05) is 13.7 Å². The molecule has 0 aliphatic carbocycles. The summed E-state index contributed by atoms with van der Waals surface area (Å²) in [6.45, 7) is 1.96. The van der Waals surface area contributed by atoms with E-state index in [-0.39, 0.29) is 19.1 Å². The van der Waals surface area contributed by atoms with Gasteiger partial charge in [-0.1, -0.05) is 11.6 Å². The van der Waals surface area contributed by atoms with E-state index in [1.54, 1.807) is 25.2 Å². The second-order valence-corrected chi connectivity index (χ2v) is 4.70. The van der Waals surface area contributed by atoms with Gasteiger partial charge in [0.25, 0.3) is 0 Å². The van der Waals surface area contributed by atoms with Crippen LogP contribution >= 0.6 is 11.6 Å². The number of alkyl halides is 3. The minimum absolute atomic E-state index is 0.0105. The molecule has 0 aliphatic rings. The van der Waals surface area contributed by atoms with E-state index >= 15 is 0 Å². The lowest BCUT2D eigenvalue weighted by Crippen LogP contribution is -2.15. The van der Waals surface area contributed by atoms with Crippen LogP contribution in [0.1, 0.15) is 31.4 Å². The molecule has 108 valence electrons. The van der Waals surface area contributed by atoms with E-state index in [2.05, 4.69) is 5.32 Å². The zero-order valence-electron chi connectivity index (χ0n) is 10.9. The van der Waals surface area contributed by atoms with Crippen LogP contribution in [0.3, 0.4) is 0 Å². The highest BCUT2D eigenvalue weighted by molar-refractivity contribution is 6.30. The zero-order chi connectivity index (χ0) is 14.5. The van der Waals surface area contributed by atoms with Gasteiger partial charge in [0.1, 0.15) is 5.75 Å². The molecule has 2 nitrogen and oxygen atoms in total. The molecule has 1 rings (SSSR count). The molecule has 0 bridgehead atoms. The van der Waals surface area contributed by atoms with Crippen molar-refractivity contribution in [3.05, 3.63) is 28.8 Å². The molecule has 0 radical (unpaired) electrons. The van der Waals surface area contributed by atoms with E-state index in [0.717, 1.165) is 5.56 Å². The fourth-order valence-corrected chi connectivity index (χ4v) is 1.78. The summed E-state index contributed by atoms with van der Waals surface area (Å²) < 4.78 is 41.5. The van der Waals surface area contributed by atoms with Crippen LogP contribution in [0.2, 0.25) is 5.02 Å². The number of hydrogen-bond acceptors (Lipinski definition) is 2. The molecular weight excluding hydrogens is 279 g/mol. The number of rotatable bonds is 6. The third-order valence-electron chi connectivity index (χ3n) is 2.73. The Labute approximate surface area is 115 Å². The molecular formula is C13H17ClF3NO. The fourth-order valence-electron chi connectivity index (χ4n) is 1.60. The molecule has 1 N–H and O–H groups in total. The highest BCUT2D eigenvalue weighted by atomic mass is 35.5. The zero-order valence-corrected chi connectivity index (χ0v) is 11.6. The van der Waals surface area contributed by atoms with Crippen molar-refractivity contribution in [2.45, 2.75) is 32.0 Å². The summed E-state index contributed by atoms with van der Waals surface area (Å²) in [4.78, 5) is 0. The molecule has 1 atom stereocenters. The standard InChI is InChI=1S/C13H17ClF3NO/c1-9(18-2)11-8-10(14)4-5-12(11)19-7-3-6-13(15,16)17/h4-5,8-9,18H,3,6-7H2,1-2H3. The first-order valence-electron chi connectivity index (χ1n) is 6.00. The molecule has 0 heterocycles. The first-order valence-corrected chi connectivity index (χ1v) is 6.37. The van der Waals surface area contributed by atoms with Crippen LogP contribution in [0.15, 0.2) is 18.2 Å². The smallest absolute Gasteiger partial charge is 0.389 e. The van der Waals surface area contributed by atoms with Gasteiger partial charge in [-0.3, -0.25) is 0 Å². The largest absolute Gasteiger partial charge is 0.493 e. The Morgan fingerprint density at radius 2 is 2.05 bits per heavy atom. The number of hydrogen-bond donors (Lipinski definition) is 1. The number of nitrogens with one attached hydrogen (secondary N) is 1. The maximum atomic E-state index is 12.0. The van der Waals surface area contributed by atoms with Crippen molar-refractivity contribution in [3.63, 3.8) is 0 Å². The second kappa shape index (κ2) is 7.01. The molecule has 0 spiro atoms. The van der Waals surface area contributed by atoms with E-state index in [4.69, 9.17) is 16.3 Å². The third kappa shape index (κ3) is 5.70. The first-order chi connectivity index (χ1) is 8.83. The predicted molar refractivity (Wildman–Crippen MR) is 69.7 cm³/mol. The van der Waals surface area contributed by atoms with Gasteiger partial charge in [0, 0.05) is 23.0 Å². The summed E-state index contributed by atoms with van der Waals surface area (Å²) in [7, 11) is 1.79. The highest BCUT2D eigenvalue weighted by Crippen LogP contribution is 2.29. The molecule has 1 unspecified atom stereocenters. The van der Waals surface area contributed by atoms with E-state index < -0.39 is 12.6 Å². The Hall–Kier alpha value is -0.940. The molecule has 0 fully saturated rings. The Kier molecular flexibility index (Phi) is 5.94. The van der Waals surface area contributed by atoms with Gasteiger partial charge in [-0.05, 0) is 38.6 Å².